The highest BCUT2D eigenvalue weighted by atomic mass is 35.5. The Kier molecular flexibility index (Phi) is 9.26. The first-order chi connectivity index (χ1) is 4.84. The number of ether oxygens (including phenoxy) is 1. The molecule has 1 fully saturated rings. The third-order valence-electron chi connectivity index (χ3n) is 1.87. The second-order valence-electron chi connectivity index (χ2n) is 2.55. The molecule has 0 spiro atoms. The minimum atomic E-state index is -0.0542. The van der Waals surface area contributed by atoms with Crippen LogP contribution in [-0.4, -0.2) is 26.2 Å². The number of esters is 1. The highest BCUT2D eigenvalue weighted by Gasteiger charge is 2.20. The number of piperidine rings is 1. The molecular weight excluding hydrogens is 201 g/mol. The van der Waals surface area contributed by atoms with Crippen molar-refractivity contribution in [2.45, 2.75) is 12.8 Å². The molecule has 1 rings (SSSR count). The molecular formula is C7H15Cl2NO2. The lowest BCUT2D eigenvalue weighted by Crippen LogP contribution is -2.32. The number of carbonyl (C=O) groups is 1. The fraction of sp³-hybridized carbons (Fsp3) is 0.857. The van der Waals surface area contributed by atoms with E-state index in [-0.39, 0.29) is 36.7 Å². The van der Waals surface area contributed by atoms with Crippen molar-refractivity contribution in [2.75, 3.05) is 20.2 Å². The smallest absolute Gasteiger partial charge is 0.308 e. The molecule has 3 nitrogen and oxygen atoms in total. The summed E-state index contributed by atoms with van der Waals surface area (Å²) in [4.78, 5) is 10.9. The number of rotatable bonds is 1. The summed E-state index contributed by atoms with van der Waals surface area (Å²) >= 11 is 0. The molecule has 1 N–H and O–H groups in total. The number of hydrogen-bond donors (Lipinski definition) is 1. The molecule has 0 radical (unpaired) electrons. The molecule has 1 saturated heterocycles. The van der Waals surface area contributed by atoms with Gasteiger partial charge in [-0.25, -0.2) is 0 Å². The van der Waals surface area contributed by atoms with E-state index >= 15 is 0 Å². The fourth-order valence-electron chi connectivity index (χ4n) is 1.22. The molecule has 0 unspecified atom stereocenters. The van der Waals surface area contributed by atoms with Crippen molar-refractivity contribution in [3.05, 3.63) is 0 Å². The first-order valence-electron chi connectivity index (χ1n) is 3.63. The van der Waals surface area contributed by atoms with Crippen LogP contribution in [0.2, 0.25) is 0 Å². The van der Waals surface area contributed by atoms with Gasteiger partial charge in [0.2, 0.25) is 0 Å². The summed E-state index contributed by atoms with van der Waals surface area (Å²) in [5.74, 6) is 0.0905. The summed E-state index contributed by atoms with van der Waals surface area (Å²) in [5.41, 5.74) is 0. The van der Waals surface area contributed by atoms with Gasteiger partial charge in [0.05, 0.1) is 13.0 Å². The van der Waals surface area contributed by atoms with Gasteiger partial charge >= 0.3 is 5.97 Å². The second kappa shape index (κ2) is 7.65. The van der Waals surface area contributed by atoms with Gasteiger partial charge in [0.15, 0.2) is 0 Å². The zero-order valence-corrected chi connectivity index (χ0v) is 8.67. The molecule has 74 valence electrons. The summed E-state index contributed by atoms with van der Waals surface area (Å²) in [6.07, 6.45) is 1.85. The van der Waals surface area contributed by atoms with Crippen LogP contribution in [0.15, 0.2) is 0 Å². The maximum Gasteiger partial charge on any atom is 0.308 e. The van der Waals surface area contributed by atoms with Crippen molar-refractivity contribution in [1.29, 1.82) is 0 Å². The zero-order chi connectivity index (χ0) is 7.40. The van der Waals surface area contributed by atoms with E-state index in [0.717, 1.165) is 25.9 Å². The summed E-state index contributed by atoms with van der Waals surface area (Å²) in [6, 6.07) is 0. The van der Waals surface area contributed by atoms with Gasteiger partial charge in [-0.1, -0.05) is 0 Å². The van der Waals surface area contributed by atoms with E-state index in [2.05, 4.69) is 10.1 Å². The average Bonchev–Trinajstić information content (AvgIpc) is 2.05. The van der Waals surface area contributed by atoms with Crippen molar-refractivity contribution in [2.24, 2.45) is 5.92 Å². The Morgan fingerprint density at radius 1 is 1.33 bits per heavy atom. The van der Waals surface area contributed by atoms with Crippen molar-refractivity contribution in [3.8, 4) is 0 Å². The standard InChI is InChI=1S/C7H13NO2.2ClH/c1-10-7(9)6-2-4-8-5-3-6;;/h6,8H,2-5H2,1H3;2*1H. The van der Waals surface area contributed by atoms with E-state index < -0.39 is 0 Å². The molecule has 0 aromatic rings. The van der Waals surface area contributed by atoms with E-state index in [9.17, 15) is 4.79 Å². The third-order valence-corrected chi connectivity index (χ3v) is 1.87. The van der Waals surface area contributed by atoms with E-state index in [1.807, 2.05) is 0 Å². The van der Waals surface area contributed by atoms with Crippen molar-refractivity contribution < 1.29 is 9.53 Å². The van der Waals surface area contributed by atoms with Crippen LogP contribution in [0, 0.1) is 5.92 Å². The molecule has 0 atom stereocenters. The van der Waals surface area contributed by atoms with Crippen molar-refractivity contribution in [1.82, 2.24) is 5.32 Å². The summed E-state index contributed by atoms with van der Waals surface area (Å²) in [6.45, 7) is 1.89. The van der Waals surface area contributed by atoms with E-state index in [0.29, 0.717) is 0 Å². The van der Waals surface area contributed by atoms with E-state index in [1.54, 1.807) is 0 Å². The van der Waals surface area contributed by atoms with Gasteiger partial charge in [0, 0.05) is 0 Å². The van der Waals surface area contributed by atoms with Crippen LogP contribution < -0.4 is 5.32 Å². The molecule has 0 amide bonds. The molecule has 0 saturated carbocycles. The Balaban J connectivity index is 0. The summed E-state index contributed by atoms with van der Waals surface area (Å²) in [5, 5.41) is 3.19. The number of methoxy groups -OCH3 is 1. The van der Waals surface area contributed by atoms with Gasteiger partial charge in [0.25, 0.3) is 0 Å². The summed E-state index contributed by atoms with van der Waals surface area (Å²) in [7, 11) is 1.45. The predicted octanol–water partition coefficient (Wildman–Crippen LogP) is 1.00. The molecule has 5 heteroatoms. The highest BCUT2D eigenvalue weighted by Crippen LogP contribution is 2.12. The topological polar surface area (TPSA) is 38.3 Å². The molecule has 0 aromatic carbocycles. The molecule has 1 aliphatic rings. The molecule has 1 aliphatic heterocycles. The van der Waals surface area contributed by atoms with Gasteiger partial charge in [-0.3, -0.25) is 4.79 Å². The van der Waals surface area contributed by atoms with Crippen LogP contribution in [0.25, 0.3) is 0 Å². The average molecular weight is 216 g/mol. The third kappa shape index (κ3) is 4.14. The zero-order valence-electron chi connectivity index (χ0n) is 7.04. The van der Waals surface area contributed by atoms with Crippen LogP contribution in [0.1, 0.15) is 12.8 Å². The lowest BCUT2D eigenvalue weighted by Gasteiger charge is -2.19. The molecule has 0 aliphatic carbocycles. The molecule has 1 heterocycles. The van der Waals surface area contributed by atoms with Crippen molar-refractivity contribution >= 4 is 30.8 Å². The SMILES string of the molecule is COC(=O)C1CCNCC1.Cl.Cl. The van der Waals surface area contributed by atoms with Crippen molar-refractivity contribution in [3.63, 3.8) is 0 Å². The normalized spacial score (nSPS) is 17.1. The van der Waals surface area contributed by atoms with Gasteiger partial charge in [-0.15, -0.1) is 24.8 Å². The Labute approximate surface area is 85.1 Å². The monoisotopic (exact) mass is 215 g/mol. The molecule has 0 bridgehead atoms. The van der Waals surface area contributed by atoms with E-state index in [1.165, 1.54) is 7.11 Å². The summed E-state index contributed by atoms with van der Waals surface area (Å²) < 4.78 is 4.62. The van der Waals surface area contributed by atoms with Crippen LogP contribution in [0.4, 0.5) is 0 Å². The number of carbonyl (C=O) groups excluding carboxylic acids is 1. The Morgan fingerprint density at radius 3 is 2.25 bits per heavy atom. The predicted molar refractivity (Wildman–Crippen MR) is 52.1 cm³/mol. The van der Waals surface area contributed by atoms with E-state index in [4.69, 9.17) is 0 Å². The van der Waals surface area contributed by atoms with Gasteiger partial charge in [-0.2, -0.15) is 0 Å². The number of nitrogens with one attached hydrogen (secondary N) is 1. The number of hydrogen-bond acceptors (Lipinski definition) is 3. The first-order valence-corrected chi connectivity index (χ1v) is 3.63. The highest BCUT2D eigenvalue weighted by molar-refractivity contribution is 5.85. The van der Waals surface area contributed by atoms with Gasteiger partial charge in [-0.05, 0) is 25.9 Å². The van der Waals surface area contributed by atoms with Crippen LogP contribution in [0.5, 0.6) is 0 Å². The fourth-order valence-corrected chi connectivity index (χ4v) is 1.22. The maximum atomic E-state index is 10.9. The second-order valence-corrected chi connectivity index (χ2v) is 2.55. The lowest BCUT2D eigenvalue weighted by molar-refractivity contribution is -0.146. The number of halogens is 2. The first kappa shape index (κ1) is 14.5. The molecule has 0 aromatic heterocycles. The Bertz CT molecular complexity index is 127. The minimum Gasteiger partial charge on any atom is -0.469 e. The van der Waals surface area contributed by atoms with Crippen LogP contribution >= 0.6 is 24.8 Å². The van der Waals surface area contributed by atoms with Gasteiger partial charge < -0.3 is 10.1 Å². The largest absolute Gasteiger partial charge is 0.469 e. The van der Waals surface area contributed by atoms with Gasteiger partial charge in [0.1, 0.15) is 0 Å². The molecule has 12 heavy (non-hydrogen) atoms. The Hall–Kier alpha value is 0.01000. The van der Waals surface area contributed by atoms with Crippen LogP contribution in [-0.2, 0) is 9.53 Å². The lowest BCUT2D eigenvalue weighted by atomic mass is 9.99. The maximum absolute atomic E-state index is 10.9. The minimum absolute atomic E-state index is 0. The van der Waals surface area contributed by atoms with Crippen LogP contribution in [0.3, 0.4) is 0 Å². The quantitative estimate of drug-likeness (QED) is 0.664. The Morgan fingerprint density at radius 2 is 1.83 bits per heavy atom.